The summed E-state index contributed by atoms with van der Waals surface area (Å²) < 4.78 is 51.5. The van der Waals surface area contributed by atoms with Crippen LogP contribution in [-0.4, -0.2) is 256 Å². The molecule has 127 heavy (non-hydrogen) atoms. The third kappa shape index (κ3) is 25.3. The Hall–Kier alpha value is -10.5. The Labute approximate surface area is 740 Å². The van der Waals surface area contributed by atoms with Gasteiger partial charge in [-0.05, 0) is 149 Å². The number of fused-ring (bicyclic) bond motifs is 5. The zero-order valence-electron chi connectivity index (χ0n) is 74.1. The van der Waals surface area contributed by atoms with Crippen LogP contribution in [0.1, 0.15) is 156 Å². The number of carbonyl (C=O) groups excluding carboxylic acids is 7. The Morgan fingerprint density at radius 1 is 0.772 bits per heavy atom. The maximum Gasteiger partial charge on any atom is 0.329 e. The van der Waals surface area contributed by atoms with Crippen molar-refractivity contribution in [1.82, 2.24) is 64.8 Å². The van der Waals surface area contributed by atoms with E-state index in [9.17, 15) is 48.9 Å². The number of methoxy groups -OCH3 is 2. The van der Waals surface area contributed by atoms with Gasteiger partial charge < -0.3 is 90.1 Å². The molecule has 7 aromatic rings. The number of nitrogen functional groups attached to an aromatic ring is 2. The Bertz CT molecular complexity index is 5020. The van der Waals surface area contributed by atoms with Gasteiger partial charge in [-0.1, -0.05) is 87.6 Å². The van der Waals surface area contributed by atoms with Crippen LogP contribution in [0.25, 0.3) is 44.5 Å². The number of ketones is 3. The molecule has 1 aliphatic carbocycles. The Kier molecular flexibility index (Phi) is 34.3. The minimum atomic E-state index is -2.50. The number of ether oxygens (including phenoxy) is 7. The number of piperidine rings is 1. The number of allylic oxidation sites excluding steroid dienone is 6. The second kappa shape index (κ2) is 45.5. The fourth-order valence-corrected chi connectivity index (χ4v) is 17.5. The number of Topliss-reactive ketones (excluding diaryl/α,β-unsaturated/α-hetero) is 3. The first-order chi connectivity index (χ1) is 61.1. The summed E-state index contributed by atoms with van der Waals surface area (Å²) in [5.41, 5.74) is 26.7. The predicted molar refractivity (Wildman–Crippen MR) is 472 cm³/mol. The minimum Gasteiger partial charge on any atom is -0.459 e. The number of oxazole rings is 1. The van der Waals surface area contributed by atoms with Gasteiger partial charge in [0, 0.05) is 146 Å². The summed E-state index contributed by atoms with van der Waals surface area (Å²) in [7, 11) is 3.19. The molecule has 3 amide bonds. The van der Waals surface area contributed by atoms with E-state index in [0.29, 0.717) is 182 Å². The van der Waals surface area contributed by atoms with Gasteiger partial charge in [0.05, 0.1) is 75.1 Å². The van der Waals surface area contributed by atoms with Crippen molar-refractivity contribution < 1.29 is 86.5 Å². The molecule has 15 atom stereocenters. The van der Waals surface area contributed by atoms with Crippen LogP contribution >= 0.6 is 0 Å². The molecule has 35 heteroatoms. The number of esters is 1. The van der Waals surface area contributed by atoms with E-state index in [1.807, 2.05) is 91.7 Å². The lowest BCUT2D eigenvalue weighted by atomic mass is 9.80. The van der Waals surface area contributed by atoms with Crippen molar-refractivity contribution in [3.63, 3.8) is 0 Å². The van der Waals surface area contributed by atoms with E-state index in [0.717, 1.165) is 39.1 Å². The van der Waals surface area contributed by atoms with E-state index in [-0.39, 0.29) is 99.3 Å². The summed E-state index contributed by atoms with van der Waals surface area (Å²) in [6, 6.07) is 11.3. The molecular formula is C92H125N17O18. The number of benzene rings is 2. The molecule has 686 valence electrons. The van der Waals surface area contributed by atoms with Gasteiger partial charge in [-0.15, -0.1) is 5.10 Å². The topological polar surface area (TPSA) is 471 Å². The molecule has 2 bridgehead atoms. The van der Waals surface area contributed by atoms with Crippen LogP contribution < -0.4 is 27.4 Å². The lowest BCUT2D eigenvalue weighted by Crippen LogP contribution is -2.61. The fourth-order valence-electron chi connectivity index (χ4n) is 17.5. The van der Waals surface area contributed by atoms with Gasteiger partial charge in [0.15, 0.2) is 17.0 Å². The largest absolute Gasteiger partial charge is 0.459 e. The molecule has 10 N–H and O–H groups in total. The number of carbonyl (C=O) groups is 7. The van der Waals surface area contributed by atoms with E-state index in [2.05, 4.69) is 35.5 Å². The summed E-state index contributed by atoms with van der Waals surface area (Å²) in [5, 5.41) is 51.7. The Morgan fingerprint density at radius 2 is 1.56 bits per heavy atom. The molecule has 35 nitrogen and oxygen atoms in total. The van der Waals surface area contributed by atoms with Gasteiger partial charge in [-0.2, -0.15) is 10.1 Å². The van der Waals surface area contributed by atoms with Crippen molar-refractivity contribution in [3.05, 3.63) is 126 Å². The van der Waals surface area contributed by atoms with E-state index in [1.165, 1.54) is 19.3 Å². The standard InChI is InChI=1S/C92H125N17O18/c1-56-17-10-9-11-18-57(2)75(120-7)49-68-26-22-61(6)92(119,127-68)85(116)88(117)108-32-14-12-21-71(108)89(118)125-76(50-72(110)58(3)44-60(5)83(114)84(115)82(113)59(4)43-56)69(93)46-62-23-27-74(77(47-62)121-8)124-54-63-19-16-20-64(45-63)66-51-97-91(98-52-66)106-36-34-105(35-37-106)79(112)29-25-67-53-107(104-102-67)38-40-123-42-41-122-39-30-78(111)96-31-13-15-33-109-87-80(86(94)99-55-100-87)81(103-109)65-24-28-73-70(48-65)101-90(95)126-73/h9-11,16-20,24,28,44-45,48,51-53,55-56,58-59,61-62,68-69,71,74-77,83-84,114-115,119H,12-15,21-23,25-27,29-43,46-47,49-50,54,93H2,1-8H3,(H2,95,101)(H,96,111)(H2,94,99,100)/b11-9+,17-10+,57-18+,60-44+/t56-,58-,59-,61-,62+,68+,69-,71+,74-,75+,76+,77-,83-,84+,92-/m1/s1. The van der Waals surface area contributed by atoms with Crippen LogP contribution in [0.2, 0.25) is 0 Å². The predicted octanol–water partition coefficient (Wildman–Crippen LogP) is 7.90. The van der Waals surface area contributed by atoms with E-state index in [1.54, 1.807) is 62.8 Å². The molecule has 0 spiro atoms. The van der Waals surface area contributed by atoms with Crippen LogP contribution in [-0.2, 0) is 92.8 Å². The number of aromatic nitrogens is 10. The average molecular weight is 1760 g/mol. The maximum absolute atomic E-state index is 14.8. The van der Waals surface area contributed by atoms with E-state index < -0.39 is 95.4 Å². The minimum absolute atomic E-state index is 0.0134. The first-order valence-electron chi connectivity index (χ1n) is 44.6. The molecule has 2 aromatic carbocycles. The van der Waals surface area contributed by atoms with Crippen molar-refractivity contribution in [2.45, 2.75) is 231 Å². The number of hydrogen-bond acceptors (Lipinski definition) is 30. The number of anilines is 3. The molecule has 3 saturated heterocycles. The molecular weight excluding hydrogens is 1630 g/mol. The zero-order valence-corrected chi connectivity index (χ0v) is 74.1. The van der Waals surface area contributed by atoms with Gasteiger partial charge >= 0.3 is 5.97 Å². The van der Waals surface area contributed by atoms with E-state index in [4.69, 9.17) is 69.8 Å². The highest BCUT2D eigenvalue weighted by molar-refractivity contribution is 6.39. The van der Waals surface area contributed by atoms with E-state index >= 15 is 0 Å². The van der Waals surface area contributed by atoms with Gasteiger partial charge in [-0.25, -0.2) is 34.1 Å². The highest BCUT2D eigenvalue weighted by Gasteiger charge is 2.53. The number of piperazine rings is 1. The van der Waals surface area contributed by atoms with Crippen LogP contribution in [0, 0.1) is 29.6 Å². The smallest absolute Gasteiger partial charge is 0.329 e. The first kappa shape index (κ1) is 95.6. The van der Waals surface area contributed by atoms with Crippen LogP contribution in [0.3, 0.4) is 0 Å². The fraction of sp³-hybridized carbons (Fsp3) is 0.576. The number of rotatable bonds is 28. The van der Waals surface area contributed by atoms with Crippen LogP contribution in [0.5, 0.6) is 0 Å². The van der Waals surface area contributed by atoms with Crippen LogP contribution in [0.4, 0.5) is 17.8 Å². The number of cyclic esters (lactones) is 1. The van der Waals surface area contributed by atoms with Crippen LogP contribution in [0.15, 0.2) is 119 Å². The van der Waals surface area contributed by atoms with Gasteiger partial charge in [0.1, 0.15) is 53.5 Å². The van der Waals surface area contributed by atoms with Crippen molar-refractivity contribution >= 4 is 81.0 Å². The lowest BCUT2D eigenvalue weighted by molar-refractivity contribution is -0.265. The number of aliphatic hydroxyl groups excluding tert-OH is 2. The molecule has 5 aliphatic rings. The lowest BCUT2D eigenvalue weighted by Gasteiger charge is -2.42. The highest BCUT2D eigenvalue weighted by Crippen LogP contribution is 2.39. The summed E-state index contributed by atoms with van der Waals surface area (Å²) in [5.74, 6) is -8.26. The second-order valence-corrected chi connectivity index (χ2v) is 34.5. The van der Waals surface area contributed by atoms with Crippen molar-refractivity contribution in [3.8, 4) is 22.4 Å². The zero-order chi connectivity index (χ0) is 90.4. The number of nitrogens with one attached hydrogen (secondary N) is 1. The van der Waals surface area contributed by atoms with Crippen molar-refractivity contribution in [2.75, 3.05) is 96.3 Å². The van der Waals surface area contributed by atoms with Crippen molar-refractivity contribution in [1.29, 1.82) is 0 Å². The number of unbranched alkanes of at least 4 members (excludes halogenated alkanes) is 1. The monoisotopic (exact) mass is 1760 g/mol. The molecule has 9 heterocycles. The Morgan fingerprint density at radius 3 is 2.34 bits per heavy atom. The molecule has 4 aliphatic heterocycles. The third-order valence-corrected chi connectivity index (χ3v) is 25.1. The first-order valence-corrected chi connectivity index (χ1v) is 44.6. The van der Waals surface area contributed by atoms with Gasteiger partial charge in [-0.3, -0.25) is 28.8 Å². The molecule has 1 saturated carbocycles. The number of aryl methyl sites for hydroxylation is 2. The molecule has 5 aromatic heterocycles. The number of hydrogen-bond donors (Lipinski definition) is 7. The van der Waals surface area contributed by atoms with Gasteiger partial charge in [0.2, 0.25) is 23.5 Å². The quantitative estimate of drug-likeness (QED) is 0.0106. The normalized spacial score (nSPS) is 27.2. The van der Waals surface area contributed by atoms with Crippen molar-refractivity contribution in [2.24, 2.45) is 35.3 Å². The molecule has 12 rings (SSSR count). The highest BCUT2D eigenvalue weighted by atomic mass is 16.6. The number of amides is 3. The SMILES string of the molecule is CO[C@H]1C[C@@H]2CC[C@@H](C)[C@@](O)(O2)C(=O)C(=O)N2CCCC[C@H]2C(=O)O[C@H]([C@H](N)C[C@@H]2CC[C@@H](OCc3cccc(-c4cnc(N5CCN(C(=O)CCc6cn(CCOCCOCCC(=O)NCCCCn7nc(-c8ccc9oc(N)nc9c8)c8c(N)ncnc87)nn6)CC5)nc4)c3)[C@H](OC)C2)CC(=O)[C@H](C)/C=C(\C)[C@@H](O)[C@@H](O)C(=O)[C@H](C)C[C@H](C)/C=C/C=C/C=C/1C. The summed E-state index contributed by atoms with van der Waals surface area (Å²) in [6.45, 7) is 15.6. The third-order valence-electron chi connectivity index (χ3n) is 25.1. The Balaban J connectivity index is 0.562. The van der Waals surface area contributed by atoms with Gasteiger partial charge in [0.25, 0.3) is 17.7 Å². The number of nitrogens with two attached hydrogens (primary N) is 3. The second-order valence-electron chi connectivity index (χ2n) is 34.5. The molecule has 4 fully saturated rings. The summed E-state index contributed by atoms with van der Waals surface area (Å²) >= 11 is 0. The maximum atomic E-state index is 14.8. The number of nitrogens with zero attached hydrogens (tertiary/aromatic N) is 13. The average Bonchev–Trinajstić information content (AvgIpc) is 1.71. The molecule has 0 radical (unpaired) electrons. The summed E-state index contributed by atoms with van der Waals surface area (Å²) in [6.07, 6.45) is 17.9. The molecule has 0 unspecified atom stereocenters. The summed E-state index contributed by atoms with van der Waals surface area (Å²) in [4.78, 5) is 125. The number of aliphatic hydroxyl groups is 3.